The third-order valence-corrected chi connectivity index (χ3v) is 3.95. The van der Waals surface area contributed by atoms with Crippen LogP contribution in [0.25, 0.3) is 10.9 Å². The molecular weight excluding hydrogens is 256 g/mol. The second-order valence-electron chi connectivity index (χ2n) is 5.71. The first-order valence-electron chi connectivity index (χ1n) is 8.45. The van der Waals surface area contributed by atoms with Crippen molar-refractivity contribution in [1.82, 2.24) is 4.57 Å². The molecule has 0 fully saturated rings. The van der Waals surface area contributed by atoms with E-state index < -0.39 is 0 Å². The van der Waals surface area contributed by atoms with Gasteiger partial charge in [0.15, 0.2) is 0 Å². The highest BCUT2D eigenvalue weighted by Gasteiger charge is 2.00. The molecule has 0 unspecified atom stereocenters. The molecule has 0 radical (unpaired) electrons. The number of hydrogen-bond donors (Lipinski definition) is 0. The summed E-state index contributed by atoms with van der Waals surface area (Å²) in [7, 11) is 0. The molecular formula is C19H28N2. The largest absolute Gasteiger partial charge is 0.347 e. The molecule has 0 N–H and O–H groups in total. The van der Waals surface area contributed by atoms with Crippen molar-refractivity contribution >= 4 is 10.9 Å². The zero-order valence-electron chi connectivity index (χ0n) is 13.5. The van der Waals surface area contributed by atoms with Gasteiger partial charge in [-0.05, 0) is 25.0 Å². The summed E-state index contributed by atoms with van der Waals surface area (Å²) in [5, 5.41) is 2.43. The molecule has 0 saturated heterocycles. The second-order valence-corrected chi connectivity index (χ2v) is 5.71. The van der Waals surface area contributed by atoms with Crippen LogP contribution in [0.1, 0.15) is 52.4 Å². The minimum absolute atomic E-state index is 0.942. The molecule has 2 rings (SSSR count). The number of nitrogens with zero attached hydrogens (tertiary/aromatic N) is 2. The Bertz CT molecular complexity index is 610. The Morgan fingerprint density at radius 2 is 1.67 bits per heavy atom. The zero-order valence-corrected chi connectivity index (χ0v) is 13.5. The van der Waals surface area contributed by atoms with Crippen molar-refractivity contribution in [2.24, 2.45) is 4.99 Å². The third-order valence-electron chi connectivity index (χ3n) is 3.95. The Morgan fingerprint density at radius 1 is 0.905 bits per heavy atom. The normalized spacial score (nSPS) is 12.2. The Labute approximate surface area is 128 Å². The number of unbranched alkanes of at least 4 members (excludes halogenated alkanes) is 4. The predicted molar refractivity (Wildman–Crippen MR) is 91.4 cm³/mol. The van der Waals surface area contributed by atoms with Gasteiger partial charge in [-0.1, -0.05) is 57.7 Å². The molecule has 0 aliphatic carbocycles. The molecule has 0 spiro atoms. The lowest BCUT2D eigenvalue weighted by Crippen LogP contribution is -2.10. The SMILES string of the molecule is CCCCCN=c1ccn(CCCCC)c2ccccc12. The monoisotopic (exact) mass is 284 g/mol. The number of aromatic nitrogens is 1. The smallest absolute Gasteiger partial charge is 0.0682 e. The minimum Gasteiger partial charge on any atom is -0.347 e. The van der Waals surface area contributed by atoms with Gasteiger partial charge in [-0.15, -0.1) is 0 Å². The van der Waals surface area contributed by atoms with Crippen molar-refractivity contribution in [3.8, 4) is 0 Å². The lowest BCUT2D eigenvalue weighted by molar-refractivity contribution is 0.613. The van der Waals surface area contributed by atoms with Crippen LogP contribution in [-0.4, -0.2) is 11.1 Å². The van der Waals surface area contributed by atoms with Crippen molar-refractivity contribution in [3.63, 3.8) is 0 Å². The van der Waals surface area contributed by atoms with Crippen molar-refractivity contribution in [2.45, 2.75) is 58.9 Å². The average Bonchev–Trinajstić information content (AvgIpc) is 2.53. The van der Waals surface area contributed by atoms with Crippen LogP contribution in [0.5, 0.6) is 0 Å². The van der Waals surface area contributed by atoms with E-state index in [-0.39, 0.29) is 0 Å². The molecule has 2 aromatic rings. The van der Waals surface area contributed by atoms with E-state index in [0.717, 1.165) is 18.4 Å². The predicted octanol–water partition coefficient (Wildman–Crippen LogP) is 4.92. The molecule has 0 atom stereocenters. The molecule has 0 bridgehead atoms. The number of para-hydroxylation sites is 1. The number of aryl methyl sites for hydroxylation is 1. The Balaban J connectivity index is 2.26. The van der Waals surface area contributed by atoms with Gasteiger partial charge >= 0.3 is 0 Å². The molecule has 1 aromatic heterocycles. The van der Waals surface area contributed by atoms with E-state index in [4.69, 9.17) is 4.99 Å². The van der Waals surface area contributed by atoms with Crippen LogP contribution in [0.3, 0.4) is 0 Å². The first kappa shape index (κ1) is 15.8. The molecule has 114 valence electrons. The van der Waals surface area contributed by atoms with Crippen LogP contribution in [0.15, 0.2) is 41.5 Å². The standard InChI is InChI=1S/C19H28N2/c1-3-5-9-14-20-18-13-16-21(15-10-6-4-2)19-12-8-7-11-17(18)19/h7-8,11-13,16H,3-6,9-10,14-15H2,1-2H3. The fraction of sp³-hybridized carbons (Fsp3) is 0.526. The fourth-order valence-electron chi connectivity index (χ4n) is 2.70. The van der Waals surface area contributed by atoms with Crippen molar-refractivity contribution in [3.05, 3.63) is 41.9 Å². The first-order valence-corrected chi connectivity index (χ1v) is 8.45. The number of pyridine rings is 1. The van der Waals surface area contributed by atoms with E-state index in [9.17, 15) is 0 Å². The number of rotatable bonds is 8. The van der Waals surface area contributed by atoms with Crippen LogP contribution in [-0.2, 0) is 6.54 Å². The fourth-order valence-corrected chi connectivity index (χ4v) is 2.70. The minimum atomic E-state index is 0.942. The first-order chi connectivity index (χ1) is 10.4. The van der Waals surface area contributed by atoms with E-state index >= 15 is 0 Å². The summed E-state index contributed by atoms with van der Waals surface area (Å²) in [6, 6.07) is 10.8. The summed E-state index contributed by atoms with van der Waals surface area (Å²) in [4.78, 5) is 4.80. The van der Waals surface area contributed by atoms with Gasteiger partial charge in [-0.2, -0.15) is 0 Å². The molecule has 21 heavy (non-hydrogen) atoms. The molecule has 1 aromatic carbocycles. The van der Waals surface area contributed by atoms with E-state index in [2.05, 4.69) is 54.9 Å². The van der Waals surface area contributed by atoms with Crippen molar-refractivity contribution in [1.29, 1.82) is 0 Å². The van der Waals surface area contributed by atoms with Crippen LogP contribution < -0.4 is 5.36 Å². The molecule has 0 amide bonds. The Morgan fingerprint density at radius 3 is 2.48 bits per heavy atom. The number of fused-ring (bicyclic) bond motifs is 1. The maximum atomic E-state index is 4.80. The Hall–Kier alpha value is -1.57. The van der Waals surface area contributed by atoms with Crippen LogP contribution >= 0.6 is 0 Å². The van der Waals surface area contributed by atoms with Gasteiger partial charge in [0.05, 0.1) is 10.9 Å². The zero-order chi connectivity index (χ0) is 14.9. The highest BCUT2D eigenvalue weighted by Crippen LogP contribution is 2.11. The third kappa shape index (κ3) is 4.45. The topological polar surface area (TPSA) is 17.3 Å². The summed E-state index contributed by atoms with van der Waals surface area (Å²) in [5.74, 6) is 0. The molecule has 0 aliphatic rings. The molecule has 0 saturated carbocycles. The van der Waals surface area contributed by atoms with Crippen LogP contribution in [0, 0.1) is 0 Å². The summed E-state index contributed by atoms with van der Waals surface area (Å²) in [6.07, 6.45) is 9.73. The van der Waals surface area contributed by atoms with Crippen molar-refractivity contribution < 1.29 is 0 Å². The van der Waals surface area contributed by atoms with E-state index in [0.29, 0.717) is 0 Å². The maximum Gasteiger partial charge on any atom is 0.0682 e. The van der Waals surface area contributed by atoms with Gasteiger partial charge in [0.1, 0.15) is 0 Å². The summed E-state index contributed by atoms with van der Waals surface area (Å²) < 4.78 is 2.37. The number of benzene rings is 1. The quantitative estimate of drug-likeness (QED) is 0.612. The van der Waals surface area contributed by atoms with Crippen LogP contribution in [0.2, 0.25) is 0 Å². The number of hydrogen-bond acceptors (Lipinski definition) is 1. The van der Waals surface area contributed by atoms with Gasteiger partial charge in [0.25, 0.3) is 0 Å². The molecule has 1 heterocycles. The van der Waals surface area contributed by atoms with Gasteiger partial charge in [-0.25, -0.2) is 0 Å². The summed E-state index contributed by atoms with van der Waals surface area (Å²) >= 11 is 0. The molecule has 2 nitrogen and oxygen atoms in total. The highest BCUT2D eigenvalue weighted by atomic mass is 14.9. The summed E-state index contributed by atoms with van der Waals surface area (Å²) in [5.41, 5.74) is 1.31. The van der Waals surface area contributed by atoms with Gasteiger partial charge in [0, 0.05) is 24.7 Å². The second kappa shape index (κ2) is 8.66. The van der Waals surface area contributed by atoms with E-state index in [1.165, 1.54) is 49.4 Å². The summed E-state index contributed by atoms with van der Waals surface area (Å²) in [6.45, 7) is 6.53. The Kier molecular flexibility index (Phi) is 6.52. The van der Waals surface area contributed by atoms with E-state index in [1.54, 1.807) is 0 Å². The average molecular weight is 284 g/mol. The maximum absolute atomic E-state index is 4.80. The molecule has 2 heteroatoms. The van der Waals surface area contributed by atoms with E-state index in [1.807, 2.05) is 0 Å². The van der Waals surface area contributed by atoms with Crippen LogP contribution in [0.4, 0.5) is 0 Å². The lowest BCUT2D eigenvalue weighted by Gasteiger charge is -2.11. The lowest BCUT2D eigenvalue weighted by atomic mass is 10.2. The van der Waals surface area contributed by atoms with Gasteiger partial charge < -0.3 is 4.57 Å². The van der Waals surface area contributed by atoms with Crippen molar-refractivity contribution in [2.75, 3.05) is 6.54 Å². The van der Waals surface area contributed by atoms with Gasteiger partial charge in [0.2, 0.25) is 0 Å². The highest BCUT2D eigenvalue weighted by molar-refractivity contribution is 5.78. The molecule has 0 aliphatic heterocycles. The van der Waals surface area contributed by atoms with Gasteiger partial charge in [-0.3, -0.25) is 4.99 Å².